The molecule has 154 valence electrons. The number of anilines is 1. The molecule has 11 heteroatoms. The summed E-state index contributed by atoms with van der Waals surface area (Å²) in [5.74, 6) is -1.68. The number of carbonyl (C=O) groups is 1. The van der Waals surface area contributed by atoms with Gasteiger partial charge in [0.1, 0.15) is 11.3 Å². The van der Waals surface area contributed by atoms with Crippen LogP contribution in [0.15, 0.2) is 24.5 Å². The van der Waals surface area contributed by atoms with Crippen LogP contribution < -0.4 is 10.1 Å². The molecule has 0 radical (unpaired) electrons. The van der Waals surface area contributed by atoms with E-state index in [4.69, 9.17) is 27.9 Å². The van der Waals surface area contributed by atoms with Crippen molar-refractivity contribution < 1.29 is 22.7 Å². The van der Waals surface area contributed by atoms with Crippen LogP contribution in [0.25, 0.3) is 11.0 Å². The molecule has 3 rings (SSSR count). The SMILES string of the molecule is CCCn1c(C(F)(F)F)nc2c(OC)ccc(C(=O)Nc3c(Cl)cncc3Cl)c21. The second-order valence-electron chi connectivity index (χ2n) is 6.03. The van der Waals surface area contributed by atoms with E-state index in [0.29, 0.717) is 6.42 Å². The van der Waals surface area contributed by atoms with Crippen LogP contribution >= 0.6 is 23.2 Å². The number of aryl methyl sites for hydroxylation is 1. The molecule has 0 saturated carbocycles. The van der Waals surface area contributed by atoms with Gasteiger partial charge in [-0.05, 0) is 18.6 Å². The van der Waals surface area contributed by atoms with Gasteiger partial charge < -0.3 is 14.6 Å². The number of alkyl halides is 3. The highest BCUT2D eigenvalue weighted by molar-refractivity contribution is 6.39. The van der Waals surface area contributed by atoms with E-state index < -0.39 is 17.9 Å². The molecule has 3 aromatic rings. The maximum atomic E-state index is 13.6. The number of imidazole rings is 1. The third-order valence-electron chi connectivity index (χ3n) is 4.11. The molecule has 0 aliphatic heterocycles. The monoisotopic (exact) mass is 446 g/mol. The first-order chi connectivity index (χ1) is 13.7. The van der Waals surface area contributed by atoms with E-state index in [1.807, 2.05) is 0 Å². The minimum atomic E-state index is -4.70. The molecule has 2 aromatic heterocycles. The summed E-state index contributed by atoms with van der Waals surface area (Å²) in [5.41, 5.74) is 0.0290. The summed E-state index contributed by atoms with van der Waals surface area (Å²) in [7, 11) is 1.32. The Morgan fingerprint density at radius 3 is 2.45 bits per heavy atom. The summed E-state index contributed by atoms with van der Waals surface area (Å²) in [4.78, 5) is 20.5. The number of amides is 1. The smallest absolute Gasteiger partial charge is 0.449 e. The van der Waals surface area contributed by atoms with Gasteiger partial charge in [0.2, 0.25) is 5.82 Å². The van der Waals surface area contributed by atoms with Crippen LogP contribution in [0, 0.1) is 0 Å². The first-order valence-corrected chi connectivity index (χ1v) is 9.19. The maximum absolute atomic E-state index is 13.6. The van der Waals surface area contributed by atoms with Crippen LogP contribution in [0.3, 0.4) is 0 Å². The molecule has 0 aliphatic rings. The molecule has 0 spiro atoms. The lowest BCUT2D eigenvalue weighted by Crippen LogP contribution is -2.17. The van der Waals surface area contributed by atoms with Gasteiger partial charge in [0.15, 0.2) is 0 Å². The summed E-state index contributed by atoms with van der Waals surface area (Å²) < 4.78 is 46.8. The first-order valence-electron chi connectivity index (χ1n) is 8.43. The molecule has 2 heterocycles. The first kappa shape index (κ1) is 21.2. The van der Waals surface area contributed by atoms with Crippen LogP contribution in [-0.4, -0.2) is 27.6 Å². The summed E-state index contributed by atoms with van der Waals surface area (Å²) in [6, 6.07) is 2.75. The molecule has 29 heavy (non-hydrogen) atoms. The van der Waals surface area contributed by atoms with Crippen LogP contribution in [0.5, 0.6) is 5.75 Å². The Kier molecular flexibility index (Phi) is 5.90. The molecule has 6 nitrogen and oxygen atoms in total. The number of aromatic nitrogens is 3. The van der Waals surface area contributed by atoms with Gasteiger partial charge in [-0.3, -0.25) is 9.78 Å². The van der Waals surface area contributed by atoms with Crippen molar-refractivity contribution in [3.05, 3.63) is 46.0 Å². The number of carbonyl (C=O) groups excluding carboxylic acids is 1. The van der Waals surface area contributed by atoms with Crippen molar-refractivity contribution in [2.45, 2.75) is 26.1 Å². The van der Waals surface area contributed by atoms with Gasteiger partial charge in [0.25, 0.3) is 5.91 Å². The van der Waals surface area contributed by atoms with Gasteiger partial charge >= 0.3 is 6.18 Å². The second kappa shape index (κ2) is 8.08. The number of ether oxygens (including phenoxy) is 1. The fraction of sp³-hybridized carbons (Fsp3) is 0.278. The van der Waals surface area contributed by atoms with Crippen LogP contribution in [0.1, 0.15) is 29.5 Å². The Bertz CT molecular complexity index is 1060. The van der Waals surface area contributed by atoms with E-state index >= 15 is 0 Å². The van der Waals surface area contributed by atoms with Gasteiger partial charge in [0.05, 0.1) is 33.9 Å². The van der Waals surface area contributed by atoms with Crippen molar-refractivity contribution in [2.24, 2.45) is 0 Å². The highest BCUT2D eigenvalue weighted by atomic mass is 35.5. The number of fused-ring (bicyclic) bond motifs is 1. The lowest BCUT2D eigenvalue weighted by Gasteiger charge is -2.14. The number of methoxy groups -OCH3 is 1. The fourth-order valence-electron chi connectivity index (χ4n) is 2.93. The Balaban J connectivity index is 2.22. The van der Waals surface area contributed by atoms with E-state index in [9.17, 15) is 18.0 Å². The van der Waals surface area contributed by atoms with Crippen molar-refractivity contribution in [3.63, 3.8) is 0 Å². The highest BCUT2D eigenvalue weighted by Gasteiger charge is 2.39. The average Bonchev–Trinajstić information content (AvgIpc) is 3.04. The molecule has 1 aromatic carbocycles. The van der Waals surface area contributed by atoms with E-state index in [1.54, 1.807) is 6.92 Å². The lowest BCUT2D eigenvalue weighted by molar-refractivity contribution is -0.146. The molecule has 0 aliphatic carbocycles. The third-order valence-corrected chi connectivity index (χ3v) is 4.69. The van der Waals surface area contributed by atoms with Gasteiger partial charge in [-0.25, -0.2) is 4.98 Å². The third kappa shape index (κ3) is 3.97. The molecule has 0 atom stereocenters. The zero-order valence-corrected chi connectivity index (χ0v) is 16.8. The number of rotatable bonds is 5. The minimum Gasteiger partial charge on any atom is -0.494 e. The summed E-state index contributed by atoms with van der Waals surface area (Å²) in [6.07, 6.45) is -1.73. The number of nitrogens with zero attached hydrogens (tertiary/aromatic N) is 3. The number of halogens is 5. The van der Waals surface area contributed by atoms with Crippen molar-refractivity contribution in [2.75, 3.05) is 12.4 Å². The molecule has 0 fully saturated rings. The molecule has 0 unspecified atom stereocenters. The lowest BCUT2D eigenvalue weighted by atomic mass is 10.1. The molecule has 1 amide bonds. The zero-order valence-electron chi connectivity index (χ0n) is 15.3. The zero-order chi connectivity index (χ0) is 21.3. The van der Waals surface area contributed by atoms with Crippen molar-refractivity contribution in [3.8, 4) is 5.75 Å². The van der Waals surface area contributed by atoms with Gasteiger partial charge in [-0.2, -0.15) is 13.2 Å². The largest absolute Gasteiger partial charge is 0.494 e. The van der Waals surface area contributed by atoms with E-state index in [2.05, 4.69) is 15.3 Å². The number of nitrogens with one attached hydrogen (secondary N) is 1. The predicted octanol–water partition coefficient (Wildman–Crippen LogP) is 5.43. The van der Waals surface area contributed by atoms with Crippen LogP contribution in [-0.2, 0) is 12.7 Å². The molecule has 0 bridgehead atoms. The molecular formula is C18H15Cl2F3N4O2. The highest BCUT2D eigenvalue weighted by Crippen LogP contribution is 2.37. The van der Waals surface area contributed by atoms with Gasteiger partial charge in [-0.1, -0.05) is 30.1 Å². The Labute approximate surface area is 173 Å². The van der Waals surface area contributed by atoms with E-state index in [1.165, 1.54) is 31.6 Å². The maximum Gasteiger partial charge on any atom is 0.449 e. The number of hydrogen-bond donors (Lipinski definition) is 1. The topological polar surface area (TPSA) is 69.0 Å². The molecule has 1 N–H and O–H groups in total. The van der Waals surface area contributed by atoms with Gasteiger partial charge in [0, 0.05) is 18.9 Å². The molecule has 0 saturated heterocycles. The summed E-state index contributed by atoms with van der Waals surface area (Å²) in [6.45, 7) is 1.73. The number of benzene rings is 1. The standard InChI is InChI=1S/C18H15Cl2F3N4O2/c1-3-6-27-15-9(16(28)25-13-10(19)7-24-8-11(13)20)4-5-12(29-2)14(15)26-17(27)18(21,22)23/h4-5,7-8H,3,6H2,1-2H3,(H,24,25,28). The Morgan fingerprint density at radius 1 is 1.24 bits per heavy atom. The number of pyridine rings is 1. The normalized spacial score (nSPS) is 11.7. The van der Waals surface area contributed by atoms with E-state index in [-0.39, 0.29) is 44.6 Å². The average molecular weight is 447 g/mol. The summed E-state index contributed by atoms with van der Waals surface area (Å²) >= 11 is 12.0. The second-order valence-corrected chi connectivity index (χ2v) is 6.84. The van der Waals surface area contributed by atoms with Crippen LogP contribution in [0.4, 0.5) is 18.9 Å². The van der Waals surface area contributed by atoms with E-state index in [0.717, 1.165) is 4.57 Å². The minimum absolute atomic E-state index is 0.00948. The number of hydrogen-bond acceptors (Lipinski definition) is 4. The van der Waals surface area contributed by atoms with Crippen molar-refractivity contribution in [1.29, 1.82) is 0 Å². The van der Waals surface area contributed by atoms with Crippen molar-refractivity contribution >= 4 is 45.8 Å². The quantitative estimate of drug-likeness (QED) is 0.567. The Morgan fingerprint density at radius 2 is 1.90 bits per heavy atom. The fourth-order valence-corrected chi connectivity index (χ4v) is 3.39. The van der Waals surface area contributed by atoms with Crippen molar-refractivity contribution in [1.82, 2.24) is 14.5 Å². The Hall–Kier alpha value is -2.52. The summed E-state index contributed by atoms with van der Waals surface area (Å²) in [5, 5.41) is 2.72. The molecular weight excluding hydrogens is 432 g/mol. The van der Waals surface area contributed by atoms with Crippen LogP contribution in [0.2, 0.25) is 10.0 Å². The van der Waals surface area contributed by atoms with Gasteiger partial charge in [-0.15, -0.1) is 0 Å². The predicted molar refractivity (Wildman–Crippen MR) is 104 cm³/mol.